The third-order valence-corrected chi connectivity index (χ3v) is 4.17. The van der Waals surface area contributed by atoms with Crippen molar-refractivity contribution in [2.24, 2.45) is 5.73 Å². The van der Waals surface area contributed by atoms with Crippen LogP contribution in [-0.2, 0) is 0 Å². The van der Waals surface area contributed by atoms with Crippen LogP contribution >= 0.6 is 11.6 Å². The molecule has 0 aromatic heterocycles. The lowest BCUT2D eigenvalue weighted by molar-refractivity contribution is 0.411. The quantitative estimate of drug-likeness (QED) is 0.913. The number of hydrogen-bond acceptors (Lipinski definition) is 2. The molecular weight excluding hydrogens is 270 g/mol. The Morgan fingerprint density at radius 3 is 2.40 bits per heavy atom. The summed E-state index contributed by atoms with van der Waals surface area (Å²) in [5.74, 6) is 0.890. The van der Waals surface area contributed by atoms with Crippen molar-refractivity contribution < 1.29 is 4.74 Å². The SMILES string of the molecule is COc1cc(C)c(C(N)c2cccc(Cl)c2C)cc1C. The van der Waals surface area contributed by atoms with Gasteiger partial charge in [0.05, 0.1) is 13.2 Å². The molecule has 2 aromatic carbocycles. The molecule has 0 radical (unpaired) electrons. The largest absolute Gasteiger partial charge is 0.496 e. The van der Waals surface area contributed by atoms with Crippen LogP contribution in [-0.4, -0.2) is 7.11 Å². The van der Waals surface area contributed by atoms with E-state index >= 15 is 0 Å². The van der Waals surface area contributed by atoms with Gasteiger partial charge in [0.25, 0.3) is 0 Å². The Bertz CT molecular complexity index is 637. The lowest BCUT2D eigenvalue weighted by Gasteiger charge is -2.20. The second kappa shape index (κ2) is 5.86. The standard InChI is InChI=1S/C17H20ClNO/c1-10-9-16(20-4)11(2)8-14(10)17(19)13-6-5-7-15(18)12(13)3/h5-9,17H,19H2,1-4H3. The van der Waals surface area contributed by atoms with E-state index in [2.05, 4.69) is 13.0 Å². The van der Waals surface area contributed by atoms with Crippen LogP contribution in [0.15, 0.2) is 30.3 Å². The van der Waals surface area contributed by atoms with E-state index in [0.29, 0.717) is 0 Å². The first-order valence-electron chi connectivity index (χ1n) is 6.61. The van der Waals surface area contributed by atoms with Crippen molar-refractivity contribution in [1.82, 2.24) is 0 Å². The minimum atomic E-state index is -0.182. The molecule has 3 heteroatoms. The maximum absolute atomic E-state index is 6.45. The molecule has 0 fully saturated rings. The van der Waals surface area contributed by atoms with Gasteiger partial charge in [0, 0.05) is 5.02 Å². The van der Waals surface area contributed by atoms with Crippen LogP contribution in [0.1, 0.15) is 33.9 Å². The Balaban J connectivity index is 2.51. The molecule has 20 heavy (non-hydrogen) atoms. The molecule has 0 heterocycles. The number of aryl methyl sites for hydroxylation is 2. The first-order chi connectivity index (χ1) is 9.45. The maximum atomic E-state index is 6.45. The Morgan fingerprint density at radius 2 is 1.75 bits per heavy atom. The van der Waals surface area contributed by atoms with Gasteiger partial charge in [-0.3, -0.25) is 0 Å². The highest BCUT2D eigenvalue weighted by Gasteiger charge is 2.16. The molecule has 2 aromatic rings. The fourth-order valence-corrected chi connectivity index (χ4v) is 2.68. The Labute approximate surface area is 125 Å². The van der Waals surface area contributed by atoms with Gasteiger partial charge in [-0.05, 0) is 60.7 Å². The highest BCUT2D eigenvalue weighted by Crippen LogP contribution is 2.31. The third kappa shape index (κ3) is 2.67. The van der Waals surface area contributed by atoms with Crippen LogP contribution in [0.4, 0.5) is 0 Å². The highest BCUT2D eigenvalue weighted by molar-refractivity contribution is 6.31. The molecule has 2 N–H and O–H groups in total. The van der Waals surface area contributed by atoms with Gasteiger partial charge in [-0.15, -0.1) is 0 Å². The van der Waals surface area contributed by atoms with Crippen LogP contribution in [0.25, 0.3) is 0 Å². The molecule has 106 valence electrons. The molecule has 2 nitrogen and oxygen atoms in total. The number of benzene rings is 2. The number of rotatable bonds is 3. The molecule has 0 saturated carbocycles. The predicted molar refractivity (Wildman–Crippen MR) is 84.7 cm³/mol. The van der Waals surface area contributed by atoms with E-state index in [9.17, 15) is 0 Å². The van der Waals surface area contributed by atoms with E-state index in [-0.39, 0.29) is 6.04 Å². The fourth-order valence-electron chi connectivity index (χ4n) is 2.50. The zero-order valence-electron chi connectivity index (χ0n) is 12.3. The van der Waals surface area contributed by atoms with Crippen molar-refractivity contribution >= 4 is 11.6 Å². The smallest absolute Gasteiger partial charge is 0.122 e. The molecule has 1 unspecified atom stereocenters. The molecule has 1 atom stereocenters. The molecule has 0 amide bonds. The van der Waals surface area contributed by atoms with Crippen LogP contribution in [0.5, 0.6) is 5.75 Å². The summed E-state index contributed by atoms with van der Waals surface area (Å²) in [6.45, 7) is 6.08. The van der Waals surface area contributed by atoms with Crippen molar-refractivity contribution in [2.45, 2.75) is 26.8 Å². The average molecular weight is 290 g/mol. The van der Waals surface area contributed by atoms with E-state index in [0.717, 1.165) is 38.6 Å². The molecule has 0 spiro atoms. The second-order valence-electron chi connectivity index (χ2n) is 5.11. The van der Waals surface area contributed by atoms with Gasteiger partial charge in [0.15, 0.2) is 0 Å². The summed E-state index contributed by atoms with van der Waals surface area (Å²) in [5, 5.41) is 0.751. The number of methoxy groups -OCH3 is 1. The Kier molecular flexibility index (Phi) is 4.36. The van der Waals surface area contributed by atoms with Crippen molar-refractivity contribution in [1.29, 1.82) is 0 Å². The van der Waals surface area contributed by atoms with Gasteiger partial charge in [0.1, 0.15) is 5.75 Å². The van der Waals surface area contributed by atoms with E-state index in [4.69, 9.17) is 22.1 Å². The molecule has 0 aliphatic carbocycles. The molecule has 0 aliphatic heterocycles. The zero-order valence-corrected chi connectivity index (χ0v) is 13.1. The van der Waals surface area contributed by atoms with Crippen LogP contribution in [0.2, 0.25) is 5.02 Å². The number of halogens is 1. The summed E-state index contributed by atoms with van der Waals surface area (Å²) >= 11 is 6.19. The molecular formula is C17H20ClNO. The minimum Gasteiger partial charge on any atom is -0.496 e. The summed E-state index contributed by atoms with van der Waals surface area (Å²) < 4.78 is 5.35. The molecule has 0 aliphatic rings. The molecule has 0 saturated heterocycles. The lowest BCUT2D eigenvalue weighted by Crippen LogP contribution is -2.15. The van der Waals surface area contributed by atoms with Crippen LogP contribution < -0.4 is 10.5 Å². The molecule has 0 bridgehead atoms. The van der Waals surface area contributed by atoms with Gasteiger partial charge >= 0.3 is 0 Å². The summed E-state index contributed by atoms with van der Waals surface area (Å²) in [4.78, 5) is 0. The average Bonchev–Trinajstić information content (AvgIpc) is 2.43. The van der Waals surface area contributed by atoms with Gasteiger partial charge in [-0.25, -0.2) is 0 Å². The first-order valence-corrected chi connectivity index (χ1v) is 6.99. The monoisotopic (exact) mass is 289 g/mol. The summed E-state index contributed by atoms with van der Waals surface area (Å²) in [7, 11) is 1.68. The van der Waals surface area contributed by atoms with Crippen molar-refractivity contribution in [3.63, 3.8) is 0 Å². The second-order valence-corrected chi connectivity index (χ2v) is 5.52. The zero-order chi connectivity index (χ0) is 14.9. The summed E-state index contributed by atoms with van der Waals surface area (Å²) in [6.07, 6.45) is 0. The Hall–Kier alpha value is -1.51. The normalized spacial score (nSPS) is 12.3. The lowest BCUT2D eigenvalue weighted by atomic mass is 9.91. The number of ether oxygens (including phenoxy) is 1. The van der Waals surface area contributed by atoms with Gasteiger partial charge < -0.3 is 10.5 Å². The summed E-state index contributed by atoms with van der Waals surface area (Å²) in [6, 6.07) is 9.81. The van der Waals surface area contributed by atoms with E-state index in [1.165, 1.54) is 0 Å². The topological polar surface area (TPSA) is 35.2 Å². The number of hydrogen-bond donors (Lipinski definition) is 1. The van der Waals surface area contributed by atoms with Crippen molar-refractivity contribution in [3.05, 3.63) is 63.2 Å². The predicted octanol–water partition coefficient (Wildman–Crippen LogP) is 4.32. The summed E-state index contributed by atoms with van der Waals surface area (Å²) in [5.41, 5.74) is 11.9. The van der Waals surface area contributed by atoms with Crippen molar-refractivity contribution in [3.8, 4) is 5.75 Å². The third-order valence-electron chi connectivity index (χ3n) is 3.76. The number of nitrogens with two attached hydrogens (primary N) is 1. The fraction of sp³-hybridized carbons (Fsp3) is 0.294. The highest BCUT2D eigenvalue weighted by atomic mass is 35.5. The van der Waals surface area contributed by atoms with Crippen LogP contribution in [0.3, 0.4) is 0 Å². The van der Waals surface area contributed by atoms with Gasteiger partial charge in [-0.1, -0.05) is 29.8 Å². The van der Waals surface area contributed by atoms with E-state index in [1.54, 1.807) is 7.11 Å². The first kappa shape index (κ1) is 14.9. The maximum Gasteiger partial charge on any atom is 0.122 e. The van der Waals surface area contributed by atoms with E-state index < -0.39 is 0 Å². The minimum absolute atomic E-state index is 0.182. The van der Waals surface area contributed by atoms with Gasteiger partial charge in [-0.2, -0.15) is 0 Å². The van der Waals surface area contributed by atoms with Gasteiger partial charge in [0.2, 0.25) is 0 Å². The van der Waals surface area contributed by atoms with Crippen molar-refractivity contribution in [2.75, 3.05) is 7.11 Å². The molecule has 2 rings (SSSR count). The van der Waals surface area contributed by atoms with E-state index in [1.807, 2.05) is 38.1 Å². The van der Waals surface area contributed by atoms with Crippen LogP contribution in [0, 0.1) is 20.8 Å². The Morgan fingerprint density at radius 1 is 1.05 bits per heavy atom.